The van der Waals surface area contributed by atoms with Gasteiger partial charge in [0.05, 0.1) is 0 Å². The molecule has 1 saturated heterocycles. The molecule has 3 aromatic rings. The van der Waals surface area contributed by atoms with Gasteiger partial charge in [-0.05, 0) is 41.8 Å². The Hall–Kier alpha value is -3.67. The number of carbonyl (C=O) groups excluding carboxylic acids is 2. The molecule has 1 aliphatic heterocycles. The van der Waals surface area contributed by atoms with Crippen molar-refractivity contribution in [2.75, 3.05) is 0 Å². The highest BCUT2D eigenvalue weighted by Crippen LogP contribution is 2.39. The van der Waals surface area contributed by atoms with Crippen LogP contribution in [-0.4, -0.2) is 17.7 Å². The highest BCUT2D eigenvalue weighted by Gasteiger charge is 2.48. The van der Waals surface area contributed by atoms with E-state index in [1.54, 1.807) is 24.3 Å². The first-order chi connectivity index (χ1) is 15.5. The van der Waals surface area contributed by atoms with Gasteiger partial charge >= 0.3 is 11.9 Å². The average molecular weight is 432 g/mol. The van der Waals surface area contributed by atoms with Gasteiger partial charge in [-0.25, -0.2) is 14.0 Å². The van der Waals surface area contributed by atoms with E-state index < -0.39 is 17.7 Å². The molecule has 0 aromatic heterocycles. The lowest BCUT2D eigenvalue weighted by Crippen LogP contribution is -2.44. The zero-order chi connectivity index (χ0) is 22.1. The van der Waals surface area contributed by atoms with Gasteiger partial charge in [-0.3, -0.25) is 0 Å². The van der Waals surface area contributed by atoms with Crippen LogP contribution in [0.3, 0.4) is 0 Å². The lowest BCUT2D eigenvalue weighted by atomic mass is 10.0. The smallest absolute Gasteiger partial charge is 0.348 e. The Kier molecular flexibility index (Phi) is 5.13. The molecule has 1 aliphatic carbocycles. The van der Waals surface area contributed by atoms with Crippen LogP contribution < -0.4 is 4.74 Å². The van der Waals surface area contributed by atoms with Gasteiger partial charge in [-0.2, -0.15) is 0 Å². The van der Waals surface area contributed by atoms with Gasteiger partial charge in [0.1, 0.15) is 23.7 Å². The number of ether oxygens (including phenoxy) is 3. The first-order valence-electron chi connectivity index (χ1n) is 10.6. The van der Waals surface area contributed by atoms with Crippen LogP contribution in [0.1, 0.15) is 36.8 Å². The molecule has 0 radical (unpaired) electrons. The number of benzene rings is 3. The monoisotopic (exact) mass is 432 g/mol. The Morgan fingerprint density at radius 2 is 1.59 bits per heavy atom. The summed E-state index contributed by atoms with van der Waals surface area (Å²) in [4.78, 5) is 25.5. The number of esters is 2. The lowest BCUT2D eigenvalue weighted by Gasteiger charge is -2.33. The van der Waals surface area contributed by atoms with E-state index in [0.29, 0.717) is 29.7 Å². The summed E-state index contributed by atoms with van der Waals surface area (Å²) < 4.78 is 31.1. The number of hydrogen-bond acceptors (Lipinski definition) is 5. The van der Waals surface area contributed by atoms with Crippen molar-refractivity contribution in [3.05, 3.63) is 83.2 Å². The van der Waals surface area contributed by atoms with Crippen LogP contribution in [-0.2, 0) is 25.7 Å². The predicted molar refractivity (Wildman–Crippen MR) is 116 cm³/mol. The summed E-state index contributed by atoms with van der Waals surface area (Å²) >= 11 is 0. The van der Waals surface area contributed by atoms with Gasteiger partial charge in [0.15, 0.2) is 0 Å². The Labute approximate surface area is 184 Å². The largest absolute Gasteiger partial charge is 0.488 e. The molecule has 5 rings (SSSR count). The first-order valence-corrected chi connectivity index (χ1v) is 10.6. The molecule has 2 aliphatic rings. The minimum Gasteiger partial charge on any atom is -0.488 e. The van der Waals surface area contributed by atoms with Gasteiger partial charge in [0.25, 0.3) is 5.79 Å². The van der Waals surface area contributed by atoms with E-state index in [9.17, 15) is 14.0 Å². The van der Waals surface area contributed by atoms with E-state index in [2.05, 4.69) is 0 Å². The SMILES string of the molecule is O=C1OC2(CCCC2)OC(=O)C1=Cc1c(OCc2ccccc2F)ccc2ccccc12. The number of hydrogen-bond donors (Lipinski definition) is 0. The van der Waals surface area contributed by atoms with Gasteiger partial charge in [-0.15, -0.1) is 0 Å². The molecule has 32 heavy (non-hydrogen) atoms. The summed E-state index contributed by atoms with van der Waals surface area (Å²) in [6.45, 7) is -0.000803. The summed E-state index contributed by atoms with van der Waals surface area (Å²) in [5, 5.41) is 1.69. The van der Waals surface area contributed by atoms with Crippen molar-refractivity contribution in [1.29, 1.82) is 0 Å². The minimum atomic E-state index is -1.13. The molecule has 6 heteroatoms. The summed E-state index contributed by atoms with van der Waals surface area (Å²) in [7, 11) is 0. The molecule has 3 aromatic carbocycles. The Bertz CT molecular complexity index is 1220. The van der Waals surface area contributed by atoms with Crippen molar-refractivity contribution >= 4 is 28.8 Å². The molecule has 0 bridgehead atoms. The molecule has 2 fully saturated rings. The van der Waals surface area contributed by atoms with Crippen LogP contribution in [0.2, 0.25) is 0 Å². The number of fused-ring (bicyclic) bond motifs is 1. The summed E-state index contributed by atoms with van der Waals surface area (Å²) in [6, 6.07) is 17.5. The van der Waals surface area contributed by atoms with Gasteiger partial charge in [-0.1, -0.05) is 48.5 Å². The third-order valence-corrected chi connectivity index (χ3v) is 5.92. The maximum atomic E-state index is 14.1. The van der Waals surface area contributed by atoms with Crippen molar-refractivity contribution in [2.24, 2.45) is 0 Å². The summed E-state index contributed by atoms with van der Waals surface area (Å²) in [5.41, 5.74) is 0.749. The summed E-state index contributed by atoms with van der Waals surface area (Å²) in [5.74, 6) is -2.47. The summed E-state index contributed by atoms with van der Waals surface area (Å²) in [6.07, 6.45) is 4.17. The second-order valence-electron chi connectivity index (χ2n) is 8.03. The fraction of sp³-hybridized carbons (Fsp3) is 0.231. The van der Waals surface area contributed by atoms with Crippen molar-refractivity contribution < 1.29 is 28.2 Å². The molecule has 0 atom stereocenters. The van der Waals surface area contributed by atoms with Crippen molar-refractivity contribution in [2.45, 2.75) is 38.1 Å². The second kappa shape index (κ2) is 8.11. The minimum absolute atomic E-state index is 0.000803. The van der Waals surface area contributed by atoms with E-state index in [0.717, 1.165) is 23.6 Å². The van der Waals surface area contributed by atoms with Crippen LogP contribution in [0, 0.1) is 5.82 Å². The normalized spacial score (nSPS) is 17.3. The van der Waals surface area contributed by atoms with E-state index in [1.165, 1.54) is 12.1 Å². The second-order valence-corrected chi connectivity index (χ2v) is 8.03. The molecule has 1 saturated carbocycles. The number of rotatable bonds is 4. The van der Waals surface area contributed by atoms with Crippen molar-refractivity contribution in [3.63, 3.8) is 0 Å². The molecule has 162 valence electrons. The van der Waals surface area contributed by atoms with E-state index in [-0.39, 0.29) is 18.0 Å². The maximum Gasteiger partial charge on any atom is 0.348 e. The van der Waals surface area contributed by atoms with Crippen LogP contribution in [0.15, 0.2) is 66.2 Å². The highest BCUT2D eigenvalue weighted by molar-refractivity contribution is 6.20. The highest BCUT2D eigenvalue weighted by atomic mass is 19.1. The Morgan fingerprint density at radius 3 is 2.34 bits per heavy atom. The topological polar surface area (TPSA) is 61.8 Å². The molecule has 5 nitrogen and oxygen atoms in total. The lowest BCUT2D eigenvalue weighted by molar-refractivity contribution is -0.232. The van der Waals surface area contributed by atoms with Crippen LogP contribution in [0.25, 0.3) is 16.8 Å². The van der Waals surface area contributed by atoms with Gasteiger partial charge in [0, 0.05) is 24.0 Å². The van der Waals surface area contributed by atoms with Crippen molar-refractivity contribution in [1.82, 2.24) is 0 Å². The zero-order valence-corrected chi connectivity index (χ0v) is 17.3. The maximum absolute atomic E-state index is 14.1. The van der Waals surface area contributed by atoms with Crippen LogP contribution in [0.5, 0.6) is 5.75 Å². The Morgan fingerprint density at radius 1 is 0.906 bits per heavy atom. The standard InChI is InChI=1S/C26H21FO5/c27-22-10-4-2-8-18(22)16-30-23-12-11-17-7-1-3-9-19(17)20(23)15-21-24(28)31-26(32-25(21)29)13-5-6-14-26/h1-4,7-12,15H,5-6,13-14,16H2. The third-order valence-electron chi connectivity index (χ3n) is 5.92. The van der Waals surface area contributed by atoms with Gasteiger partial charge in [0.2, 0.25) is 0 Å². The number of carbonyl (C=O) groups is 2. The molecule has 1 heterocycles. The number of halogens is 1. The third kappa shape index (κ3) is 3.73. The van der Waals surface area contributed by atoms with Crippen LogP contribution >= 0.6 is 0 Å². The molecule has 0 amide bonds. The quantitative estimate of drug-likeness (QED) is 0.318. The molecule has 1 spiro atoms. The molecular weight excluding hydrogens is 411 g/mol. The predicted octanol–water partition coefficient (Wildman–Crippen LogP) is 5.31. The van der Waals surface area contributed by atoms with E-state index in [4.69, 9.17) is 14.2 Å². The molecule has 0 unspecified atom stereocenters. The van der Waals surface area contributed by atoms with E-state index in [1.807, 2.05) is 30.3 Å². The van der Waals surface area contributed by atoms with Gasteiger partial charge < -0.3 is 14.2 Å². The average Bonchev–Trinajstić information content (AvgIpc) is 3.23. The molecular formula is C26H21FO5. The van der Waals surface area contributed by atoms with Crippen molar-refractivity contribution in [3.8, 4) is 5.75 Å². The van der Waals surface area contributed by atoms with E-state index >= 15 is 0 Å². The first kappa shape index (κ1) is 20.2. The van der Waals surface area contributed by atoms with Crippen LogP contribution in [0.4, 0.5) is 4.39 Å². The molecule has 0 N–H and O–H groups in total. The fourth-order valence-corrected chi connectivity index (χ4v) is 4.25. The Balaban J connectivity index is 1.53. The fourth-order valence-electron chi connectivity index (χ4n) is 4.25. The zero-order valence-electron chi connectivity index (χ0n) is 17.3.